The normalized spacial score (nSPS) is 24.4. The molecular formula is C12H15N3O2S. The first-order valence-electron chi connectivity index (χ1n) is 5.64. The van der Waals surface area contributed by atoms with Crippen LogP contribution in [0.25, 0.3) is 0 Å². The van der Waals surface area contributed by atoms with Crippen LogP contribution in [0.4, 0.5) is 0 Å². The van der Waals surface area contributed by atoms with Crippen LogP contribution < -0.4 is 0 Å². The van der Waals surface area contributed by atoms with Gasteiger partial charge in [-0.1, -0.05) is 0 Å². The van der Waals surface area contributed by atoms with Gasteiger partial charge in [0.05, 0.1) is 10.6 Å². The van der Waals surface area contributed by atoms with Crippen LogP contribution in [-0.2, 0) is 9.59 Å². The predicted molar refractivity (Wildman–Crippen MR) is 72.1 cm³/mol. The Labute approximate surface area is 110 Å². The average molecular weight is 265 g/mol. The van der Waals surface area contributed by atoms with E-state index in [4.69, 9.17) is 0 Å². The van der Waals surface area contributed by atoms with E-state index >= 15 is 0 Å². The molecule has 0 N–H and O–H groups in total. The van der Waals surface area contributed by atoms with E-state index in [1.165, 1.54) is 11.9 Å². The van der Waals surface area contributed by atoms with E-state index < -0.39 is 0 Å². The quantitative estimate of drug-likeness (QED) is 0.695. The molecule has 0 spiro atoms. The maximum atomic E-state index is 11.8. The maximum absolute atomic E-state index is 11.8. The van der Waals surface area contributed by atoms with Gasteiger partial charge in [0.15, 0.2) is 5.78 Å². The number of carbonyl (C=O) groups excluding carboxylic acids is 2. The van der Waals surface area contributed by atoms with Crippen molar-refractivity contribution in [2.45, 2.75) is 6.92 Å². The highest BCUT2D eigenvalue weighted by Crippen LogP contribution is 2.26. The smallest absolute Gasteiger partial charge is 0.276 e. The van der Waals surface area contributed by atoms with Gasteiger partial charge in [-0.25, -0.2) is 5.01 Å². The van der Waals surface area contributed by atoms with E-state index in [-0.39, 0.29) is 17.4 Å². The van der Waals surface area contributed by atoms with Crippen molar-refractivity contribution in [3.63, 3.8) is 0 Å². The largest absolute Gasteiger partial charge is 0.369 e. The molecular weight excluding hydrogens is 250 g/mol. The van der Waals surface area contributed by atoms with E-state index in [0.717, 1.165) is 17.3 Å². The Balaban J connectivity index is 2.29. The summed E-state index contributed by atoms with van der Waals surface area (Å²) in [7, 11) is 3.56. The minimum Gasteiger partial charge on any atom is -0.369 e. The molecule has 2 rings (SSSR count). The van der Waals surface area contributed by atoms with Gasteiger partial charge in [-0.3, -0.25) is 9.59 Å². The zero-order valence-electron chi connectivity index (χ0n) is 10.6. The van der Waals surface area contributed by atoms with Crippen molar-refractivity contribution in [3.8, 4) is 0 Å². The van der Waals surface area contributed by atoms with E-state index in [2.05, 4.69) is 10.0 Å². The lowest BCUT2D eigenvalue weighted by atomic mass is 10.1. The third kappa shape index (κ3) is 2.33. The fraction of sp³-hybridized carbons (Fsp3) is 0.417. The van der Waals surface area contributed by atoms with Crippen LogP contribution in [0.2, 0.25) is 0 Å². The number of rotatable bonds is 2. The topological polar surface area (TPSA) is 53.0 Å². The van der Waals surface area contributed by atoms with Crippen molar-refractivity contribution in [2.75, 3.05) is 26.4 Å². The predicted octanol–water partition coefficient (Wildman–Crippen LogP) is 0.850. The van der Waals surface area contributed by atoms with E-state index in [1.54, 1.807) is 24.9 Å². The van der Waals surface area contributed by atoms with Crippen LogP contribution in [0.5, 0.6) is 0 Å². The summed E-state index contributed by atoms with van der Waals surface area (Å²) in [6, 6.07) is 0. The Bertz CT molecular complexity index is 494. The Morgan fingerprint density at radius 2 is 2.11 bits per heavy atom. The minimum atomic E-state index is -0.234. The summed E-state index contributed by atoms with van der Waals surface area (Å²) in [5.74, 6) is 0.625. The molecule has 0 aromatic heterocycles. The Kier molecular flexibility index (Phi) is 3.56. The molecule has 5 nitrogen and oxygen atoms in total. The summed E-state index contributed by atoms with van der Waals surface area (Å²) >= 11 is 1.74. The van der Waals surface area contributed by atoms with Crippen LogP contribution in [0.3, 0.4) is 0 Å². The molecule has 0 unspecified atom stereocenters. The summed E-state index contributed by atoms with van der Waals surface area (Å²) in [5.41, 5.74) is 0.614. The van der Waals surface area contributed by atoms with Crippen molar-refractivity contribution < 1.29 is 9.59 Å². The monoisotopic (exact) mass is 265 g/mol. The zero-order chi connectivity index (χ0) is 13.3. The van der Waals surface area contributed by atoms with Crippen molar-refractivity contribution >= 4 is 29.2 Å². The number of ketones is 1. The number of Topliss-reactive ketones (excluding diaryl/α,β-unsaturated/α-hetero) is 1. The fourth-order valence-electron chi connectivity index (χ4n) is 1.77. The lowest BCUT2D eigenvalue weighted by Gasteiger charge is -2.09. The molecule has 0 radical (unpaired) electrons. The number of likely N-dealkylation sites (N-methyl/N-ethyl adjacent to an activating group) is 1. The third-order valence-electron chi connectivity index (χ3n) is 2.81. The van der Waals surface area contributed by atoms with Crippen LogP contribution in [0, 0.1) is 0 Å². The van der Waals surface area contributed by atoms with Crippen molar-refractivity contribution in [3.05, 3.63) is 22.8 Å². The number of allylic oxidation sites excluding steroid dienone is 2. The van der Waals surface area contributed by atoms with Gasteiger partial charge < -0.3 is 4.90 Å². The molecule has 96 valence electrons. The zero-order valence-corrected chi connectivity index (χ0v) is 11.5. The minimum absolute atomic E-state index is 0.190. The van der Waals surface area contributed by atoms with Crippen LogP contribution in [0.1, 0.15) is 6.92 Å². The first kappa shape index (κ1) is 12.9. The molecule has 0 aromatic carbocycles. The summed E-state index contributed by atoms with van der Waals surface area (Å²) in [6.07, 6.45) is 3.57. The molecule has 0 saturated carbocycles. The molecule has 0 atom stereocenters. The molecule has 0 aromatic rings. The molecule has 18 heavy (non-hydrogen) atoms. The Morgan fingerprint density at radius 1 is 1.39 bits per heavy atom. The number of hydrazone groups is 1. The molecule has 1 saturated heterocycles. The van der Waals surface area contributed by atoms with Gasteiger partial charge in [0.1, 0.15) is 5.71 Å². The molecule has 6 heteroatoms. The van der Waals surface area contributed by atoms with Crippen LogP contribution in [0.15, 0.2) is 27.9 Å². The second-order valence-electron chi connectivity index (χ2n) is 4.19. The average Bonchev–Trinajstić information content (AvgIpc) is 2.83. The standard InChI is InChI=1S/C12H15N3O2S/c1-8(16)11-9(12(17)15(3)13-11)4-5-10-14(2)6-7-18-10/h4-5H,6-7H2,1-3H3/b9-4+,10-5+. The Morgan fingerprint density at radius 3 is 2.67 bits per heavy atom. The molecule has 1 fully saturated rings. The van der Waals surface area contributed by atoms with Gasteiger partial charge >= 0.3 is 0 Å². The highest BCUT2D eigenvalue weighted by Gasteiger charge is 2.29. The lowest BCUT2D eigenvalue weighted by Crippen LogP contribution is -2.18. The van der Waals surface area contributed by atoms with Crippen LogP contribution in [-0.4, -0.2) is 53.7 Å². The van der Waals surface area contributed by atoms with Crippen molar-refractivity contribution in [1.29, 1.82) is 0 Å². The van der Waals surface area contributed by atoms with E-state index in [9.17, 15) is 9.59 Å². The number of carbonyl (C=O) groups is 2. The first-order chi connectivity index (χ1) is 8.50. The number of nitrogens with zero attached hydrogens (tertiary/aromatic N) is 3. The van der Waals surface area contributed by atoms with Crippen molar-refractivity contribution in [2.24, 2.45) is 5.10 Å². The number of amides is 1. The van der Waals surface area contributed by atoms with Crippen molar-refractivity contribution in [1.82, 2.24) is 9.91 Å². The molecule has 2 aliphatic heterocycles. The summed E-state index contributed by atoms with van der Waals surface area (Å²) in [6.45, 7) is 2.42. The maximum Gasteiger partial charge on any atom is 0.276 e. The fourth-order valence-corrected chi connectivity index (χ4v) is 2.82. The van der Waals surface area contributed by atoms with Gasteiger partial charge in [-0.2, -0.15) is 5.10 Å². The SMILES string of the molecule is CC(=O)C1=NN(C)C(=O)/C1=C/C=C1/SCCN1C. The highest BCUT2D eigenvalue weighted by molar-refractivity contribution is 8.03. The second-order valence-corrected chi connectivity index (χ2v) is 5.30. The molecule has 2 aliphatic rings. The summed E-state index contributed by atoms with van der Waals surface area (Å²) < 4.78 is 0. The molecule has 2 heterocycles. The highest BCUT2D eigenvalue weighted by atomic mass is 32.2. The number of hydrogen-bond donors (Lipinski definition) is 0. The molecule has 0 bridgehead atoms. The van der Waals surface area contributed by atoms with Gasteiger partial charge in [0, 0.05) is 33.3 Å². The second kappa shape index (κ2) is 4.97. The number of hydrogen-bond acceptors (Lipinski definition) is 5. The molecule has 1 amide bonds. The summed E-state index contributed by atoms with van der Waals surface area (Å²) in [5, 5.41) is 6.25. The summed E-state index contributed by atoms with van der Waals surface area (Å²) in [4.78, 5) is 25.4. The Hall–Kier alpha value is -1.56. The third-order valence-corrected chi connectivity index (χ3v) is 3.94. The molecule has 0 aliphatic carbocycles. The van der Waals surface area contributed by atoms with E-state index in [1.807, 2.05) is 13.1 Å². The van der Waals surface area contributed by atoms with E-state index in [0.29, 0.717) is 5.57 Å². The first-order valence-corrected chi connectivity index (χ1v) is 6.63. The van der Waals surface area contributed by atoms with Gasteiger partial charge in [0.25, 0.3) is 5.91 Å². The lowest BCUT2D eigenvalue weighted by molar-refractivity contribution is -0.124. The van der Waals surface area contributed by atoms with Gasteiger partial charge in [-0.15, -0.1) is 11.8 Å². The number of thioether (sulfide) groups is 1. The van der Waals surface area contributed by atoms with Crippen LogP contribution >= 0.6 is 11.8 Å². The van der Waals surface area contributed by atoms with Gasteiger partial charge in [-0.05, 0) is 12.2 Å². The van der Waals surface area contributed by atoms with Gasteiger partial charge in [0.2, 0.25) is 0 Å².